The third-order valence-corrected chi connectivity index (χ3v) is 8.29. The first-order valence-electron chi connectivity index (χ1n) is 21.5. The molecule has 1 fully saturated rings. The summed E-state index contributed by atoms with van der Waals surface area (Å²) >= 11 is 0. The van der Waals surface area contributed by atoms with E-state index in [0.717, 1.165) is 47.5 Å². The Hall–Kier alpha value is -2.42. The fraction of sp³-hybridized carbons (Fsp3) is 0.647. The van der Waals surface area contributed by atoms with Crippen LogP contribution in [0.25, 0.3) is 5.57 Å². The fourth-order valence-electron chi connectivity index (χ4n) is 4.09. The lowest BCUT2D eigenvalue weighted by atomic mass is 9.88. The molecule has 312 valence electrons. The van der Waals surface area contributed by atoms with Crippen molar-refractivity contribution in [2.75, 3.05) is 0 Å². The summed E-state index contributed by atoms with van der Waals surface area (Å²) in [5.41, 5.74) is 21.5. The average molecular weight is 739 g/mol. The van der Waals surface area contributed by atoms with Crippen molar-refractivity contribution < 1.29 is 0 Å². The molecular weight excluding hydrogens is 641 g/mol. The first-order valence-corrected chi connectivity index (χ1v) is 21.5. The second-order valence-electron chi connectivity index (χ2n) is 14.3. The van der Waals surface area contributed by atoms with Crippen LogP contribution in [0.4, 0.5) is 0 Å². The molecule has 0 aliphatic heterocycles. The lowest BCUT2D eigenvalue weighted by molar-refractivity contribution is 0.480. The second kappa shape index (κ2) is 44.0. The van der Waals surface area contributed by atoms with Crippen LogP contribution in [0.15, 0.2) is 96.2 Å². The number of benzene rings is 1. The third-order valence-electron chi connectivity index (χ3n) is 8.29. The maximum atomic E-state index is 5.95. The molecule has 0 spiro atoms. The van der Waals surface area contributed by atoms with Crippen LogP contribution in [0.3, 0.4) is 0 Å². The highest BCUT2D eigenvalue weighted by Crippen LogP contribution is 2.30. The maximum absolute atomic E-state index is 5.95. The van der Waals surface area contributed by atoms with Crippen molar-refractivity contribution in [1.82, 2.24) is 0 Å². The lowest BCUT2D eigenvalue weighted by Gasteiger charge is -2.21. The summed E-state index contributed by atoms with van der Waals surface area (Å²) < 4.78 is 0. The van der Waals surface area contributed by atoms with Crippen molar-refractivity contribution in [3.63, 3.8) is 0 Å². The number of rotatable bonds is 10. The molecule has 2 nitrogen and oxygen atoms in total. The Bertz CT molecular complexity index is 1030. The smallest absolute Gasteiger partial charge is 0.0127 e. The van der Waals surface area contributed by atoms with E-state index < -0.39 is 0 Å². The van der Waals surface area contributed by atoms with E-state index in [1.54, 1.807) is 0 Å². The second-order valence-corrected chi connectivity index (χ2v) is 14.3. The number of unbranched alkanes of at least 4 members (excludes halogenated alkanes) is 2. The van der Waals surface area contributed by atoms with Crippen LogP contribution in [0.2, 0.25) is 0 Å². The summed E-state index contributed by atoms with van der Waals surface area (Å²) in [7, 11) is 0. The molecule has 0 radical (unpaired) electrons. The molecule has 2 aliphatic rings. The molecule has 0 bridgehead atoms. The number of hydrogen-bond acceptors (Lipinski definition) is 2. The predicted octanol–water partition coefficient (Wildman–Crippen LogP) is 17.2. The molecule has 53 heavy (non-hydrogen) atoms. The van der Waals surface area contributed by atoms with Gasteiger partial charge in [-0.2, -0.15) is 0 Å². The van der Waals surface area contributed by atoms with Crippen molar-refractivity contribution in [2.45, 2.75) is 213 Å². The monoisotopic (exact) mass is 739 g/mol. The average Bonchev–Trinajstić information content (AvgIpc) is 3.84. The van der Waals surface area contributed by atoms with Crippen LogP contribution in [0, 0.1) is 5.92 Å². The predicted molar refractivity (Wildman–Crippen MR) is 254 cm³/mol. The van der Waals surface area contributed by atoms with Crippen molar-refractivity contribution in [3.8, 4) is 0 Å². The van der Waals surface area contributed by atoms with E-state index in [-0.39, 0.29) is 5.54 Å². The van der Waals surface area contributed by atoms with Crippen molar-refractivity contribution in [1.29, 1.82) is 0 Å². The summed E-state index contributed by atoms with van der Waals surface area (Å²) in [6.07, 6.45) is 17.6. The van der Waals surface area contributed by atoms with E-state index in [1.807, 2.05) is 87.4 Å². The molecule has 1 saturated carbocycles. The minimum absolute atomic E-state index is 0.250. The Morgan fingerprint density at radius 2 is 1.15 bits per heavy atom. The highest BCUT2D eigenvalue weighted by atomic mass is 14.8. The van der Waals surface area contributed by atoms with Crippen LogP contribution >= 0.6 is 0 Å². The van der Waals surface area contributed by atoms with Gasteiger partial charge in [0.1, 0.15) is 0 Å². The molecule has 0 aromatic heterocycles. The van der Waals surface area contributed by atoms with Gasteiger partial charge in [0.05, 0.1) is 0 Å². The van der Waals surface area contributed by atoms with Gasteiger partial charge in [-0.05, 0) is 103 Å². The molecule has 0 heterocycles. The SMILES string of the molecule is C=C(C)/C(C)=C\C1=C(C)CC[C@H](N)C1.C=C(C)C(=C)C.C=C(C)c1ccccc1.CC.CC.CC.CC1(N)CC1.CCCC(C)CCC.CCCCC. The molecule has 0 amide bonds. The number of nitrogens with two attached hydrogens (primary N) is 2. The molecular formula is C51H98N2. The molecule has 0 unspecified atom stereocenters. The van der Waals surface area contributed by atoms with Crippen molar-refractivity contribution in [3.05, 3.63) is 102 Å². The van der Waals surface area contributed by atoms with Gasteiger partial charge in [0.2, 0.25) is 0 Å². The largest absolute Gasteiger partial charge is 0.327 e. The van der Waals surface area contributed by atoms with Crippen molar-refractivity contribution >= 4 is 5.57 Å². The van der Waals surface area contributed by atoms with Crippen LogP contribution in [-0.2, 0) is 0 Å². The van der Waals surface area contributed by atoms with Crippen molar-refractivity contribution in [2.24, 2.45) is 17.4 Å². The summed E-state index contributed by atoms with van der Waals surface area (Å²) in [5, 5.41) is 0. The van der Waals surface area contributed by atoms with Crippen LogP contribution in [0.1, 0.15) is 207 Å². The van der Waals surface area contributed by atoms with Gasteiger partial charge < -0.3 is 11.5 Å². The summed E-state index contributed by atoms with van der Waals surface area (Å²) in [6.45, 7) is 52.7. The zero-order valence-corrected chi connectivity index (χ0v) is 39.6. The van der Waals surface area contributed by atoms with Gasteiger partial charge in [-0.15, -0.1) is 0 Å². The Balaban J connectivity index is -0.000000126. The van der Waals surface area contributed by atoms with E-state index in [2.05, 4.69) is 99.9 Å². The van der Waals surface area contributed by atoms with Gasteiger partial charge in [0.15, 0.2) is 0 Å². The fourth-order valence-corrected chi connectivity index (χ4v) is 4.09. The number of allylic oxidation sites excluding steroid dienone is 7. The van der Waals surface area contributed by atoms with Crippen LogP contribution < -0.4 is 11.5 Å². The summed E-state index contributed by atoms with van der Waals surface area (Å²) in [5.74, 6) is 0.963. The highest BCUT2D eigenvalue weighted by molar-refractivity contribution is 5.60. The molecule has 2 aliphatic carbocycles. The zero-order chi connectivity index (χ0) is 43.0. The minimum atomic E-state index is 0.250. The van der Waals surface area contributed by atoms with E-state index in [0.29, 0.717) is 6.04 Å². The minimum Gasteiger partial charge on any atom is -0.327 e. The maximum Gasteiger partial charge on any atom is 0.0127 e. The van der Waals surface area contributed by atoms with Gasteiger partial charge >= 0.3 is 0 Å². The van der Waals surface area contributed by atoms with E-state index in [4.69, 9.17) is 11.5 Å². The Morgan fingerprint density at radius 3 is 1.40 bits per heavy atom. The molecule has 1 aromatic carbocycles. The zero-order valence-electron chi connectivity index (χ0n) is 39.6. The van der Waals surface area contributed by atoms with Gasteiger partial charge in [0, 0.05) is 11.6 Å². The highest BCUT2D eigenvalue weighted by Gasteiger charge is 2.31. The topological polar surface area (TPSA) is 52.0 Å². The van der Waals surface area contributed by atoms with E-state index in [9.17, 15) is 0 Å². The van der Waals surface area contributed by atoms with Crippen LogP contribution in [-0.4, -0.2) is 11.6 Å². The van der Waals surface area contributed by atoms with Crippen LogP contribution in [0.5, 0.6) is 0 Å². The summed E-state index contributed by atoms with van der Waals surface area (Å²) in [4.78, 5) is 0. The third kappa shape index (κ3) is 49.6. The molecule has 2 heteroatoms. The Labute approximate surface area is 336 Å². The number of hydrogen-bond donors (Lipinski definition) is 2. The van der Waals surface area contributed by atoms with E-state index in [1.165, 1.54) is 80.1 Å². The molecule has 1 aromatic rings. The van der Waals surface area contributed by atoms with Gasteiger partial charge in [-0.3, -0.25) is 0 Å². The molecule has 0 saturated heterocycles. The Morgan fingerprint density at radius 1 is 0.755 bits per heavy atom. The molecule has 4 N–H and O–H groups in total. The Kier molecular flexibility index (Phi) is 51.9. The van der Waals surface area contributed by atoms with Gasteiger partial charge in [0.25, 0.3) is 0 Å². The molecule has 3 rings (SSSR count). The first-order chi connectivity index (χ1) is 24.9. The van der Waals surface area contributed by atoms with Gasteiger partial charge in [-0.25, -0.2) is 0 Å². The quantitative estimate of drug-likeness (QED) is 0.235. The first kappa shape index (κ1) is 62.6. The lowest BCUT2D eigenvalue weighted by Crippen LogP contribution is -2.23. The standard InChI is InChI=1S/C13H21N.C9H10.C8H18.C6H10.C5H12.C4H9N.3C2H6/c1-9(2)11(4)7-12-8-13(14)6-5-10(12)3;1-8(2)9-6-4-3-5-7-9;1-4-6-8(3)7-5-2;1-5(2)6(3)4;1-3-5-4-2;1-4(5)2-3-4;3*1-2/h7,13H,1,5-6,8,14H2,2-4H3;3-7H,1H2,2H3;8H,4-7H2,1-3H3;1,3H2,2,4H3;3-5H2,1-2H3;2-3,5H2,1H3;3*1-2H3/b11-7-;;;;;;;;/t13-;;;;;;;;/m0......../s1. The normalized spacial score (nSPS) is 14.3. The molecule has 1 atom stereocenters. The summed E-state index contributed by atoms with van der Waals surface area (Å²) in [6, 6.07) is 10.5. The van der Waals surface area contributed by atoms with E-state index >= 15 is 0 Å². The van der Waals surface area contributed by atoms with Gasteiger partial charge in [-0.1, -0.05) is 212 Å².